The number of fused-ring (bicyclic) bond motifs is 2. The zero-order valence-corrected chi connectivity index (χ0v) is 15.2. The molecule has 3 aliphatic rings. The van der Waals surface area contributed by atoms with Crippen LogP contribution in [0.2, 0.25) is 0 Å². The molecule has 3 heterocycles. The maximum Gasteiger partial charge on any atom is 0.261 e. The van der Waals surface area contributed by atoms with Gasteiger partial charge in [-0.15, -0.1) is 0 Å². The zero-order valence-electron chi connectivity index (χ0n) is 15.2. The highest BCUT2D eigenvalue weighted by molar-refractivity contribution is 6.26. The standard InChI is InChI=1S/C21H23N3O2/c1-22-18-9-8-17-19-15(18)4-3-5-16(19)20(25)24(21(17)26)14-10-12-6-7-13(11-14)23(12)2/h3-5,8-9,12-14,22H,6-7,10-11H2,1-2H3/t12-,13+,14-. The summed E-state index contributed by atoms with van der Waals surface area (Å²) in [6.45, 7) is 0. The predicted molar refractivity (Wildman–Crippen MR) is 102 cm³/mol. The number of imide groups is 1. The number of carbonyl (C=O) groups excluding carboxylic acids is 2. The van der Waals surface area contributed by atoms with Gasteiger partial charge >= 0.3 is 0 Å². The van der Waals surface area contributed by atoms with E-state index >= 15 is 0 Å². The van der Waals surface area contributed by atoms with Gasteiger partial charge in [0.2, 0.25) is 0 Å². The Labute approximate surface area is 153 Å². The van der Waals surface area contributed by atoms with Gasteiger partial charge in [0.1, 0.15) is 0 Å². The molecule has 0 spiro atoms. The molecule has 0 saturated carbocycles. The number of hydrogen-bond donors (Lipinski definition) is 1. The molecule has 26 heavy (non-hydrogen) atoms. The minimum atomic E-state index is -0.129. The number of carbonyl (C=O) groups is 2. The maximum atomic E-state index is 13.3. The lowest BCUT2D eigenvalue weighted by Crippen LogP contribution is -2.54. The monoisotopic (exact) mass is 349 g/mol. The second-order valence-corrected chi connectivity index (χ2v) is 7.79. The summed E-state index contributed by atoms with van der Waals surface area (Å²) in [5.74, 6) is -0.259. The third-order valence-corrected chi connectivity index (χ3v) is 6.65. The predicted octanol–water partition coefficient (Wildman–Crippen LogP) is 3.10. The summed E-state index contributed by atoms with van der Waals surface area (Å²) in [7, 11) is 4.03. The van der Waals surface area contributed by atoms with E-state index in [2.05, 4.69) is 17.3 Å². The maximum absolute atomic E-state index is 13.3. The van der Waals surface area contributed by atoms with Crippen LogP contribution < -0.4 is 5.32 Å². The second kappa shape index (κ2) is 5.55. The molecule has 0 aromatic heterocycles. The molecule has 5 heteroatoms. The molecule has 2 bridgehead atoms. The first-order chi connectivity index (χ1) is 12.6. The Morgan fingerprint density at radius 2 is 1.58 bits per heavy atom. The molecule has 0 radical (unpaired) electrons. The Bertz CT molecular complexity index is 902. The first kappa shape index (κ1) is 15.8. The number of nitrogens with one attached hydrogen (secondary N) is 1. The van der Waals surface area contributed by atoms with Crippen molar-refractivity contribution in [1.29, 1.82) is 0 Å². The van der Waals surface area contributed by atoms with Gasteiger partial charge in [0, 0.05) is 52.8 Å². The second-order valence-electron chi connectivity index (χ2n) is 7.79. The van der Waals surface area contributed by atoms with E-state index in [-0.39, 0.29) is 17.9 Å². The number of rotatable bonds is 2. The Hall–Kier alpha value is -2.40. The van der Waals surface area contributed by atoms with Crippen LogP contribution in [0.3, 0.4) is 0 Å². The van der Waals surface area contributed by atoms with Crippen molar-refractivity contribution in [1.82, 2.24) is 9.80 Å². The van der Waals surface area contributed by atoms with Crippen LogP contribution in [0.25, 0.3) is 10.8 Å². The van der Waals surface area contributed by atoms with Gasteiger partial charge in [-0.2, -0.15) is 0 Å². The van der Waals surface area contributed by atoms with Crippen LogP contribution >= 0.6 is 0 Å². The van der Waals surface area contributed by atoms with Crippen molar-refractivity contribution in [3.05, 3.63) is 41.5 Å². The van der Waals surface area contributed by atoms with E-state index in [0.717, 1.165) is 29.3 Å². The van der Waals surface area contributed by atoms with E-state index in [4.69, 9.17) is 0 Å². The van der Waals surface area contributed by atoms with Gasteiger partial charge in [-0.05, 0) is 50.9 Å². The molecule has 134 valence electrons. The largest absolute Gasteiger partial charge is 0.388 e. The first-order valence-corrected chi connectivity index (χ1v) is 9.43. The summed E-state index contributed by atoms with van der Waals surface area (Å²) in [5, 5.41) is 4.89. The minimum Gasteiger partial charge on any atom is -0.388 e. The molecule has 2 aromatic rings. The van der Waals surface area contributed by atoms with Gasteiger partial charge in [0.25, 0.3) is 11.8 Å². The van der Waals surface area contributed by atoms with Crippen LogP contribution in [0.15, 0.2) is 30.3 Å². The molecule has 2 aromatic carbocycles. The van der Waals surface area contributed by atoms with Crippen LogP contribution in [0.1, 0.15) is 46.4 Å². The molecular formula is C21H23N3O2. The van der Waals surface area contributed by atoms with E-state index in [9.17, 15) is 9.59 Å². The highest BCUT2D eigenvalue weighted by Crippen LogP contribution is 2.40. The summed E-state index contributed by atoms with van der Waals surface area (Å²) in [6, 6.07) is 10.5. The van der Waals surface area contributed by atoms with Crippen LogP contribution in [-0.2, 0) is 0 Å². The lowest BCUT2D eigenvalue weighted by atomic mass is 9.89. The van der Waals surface area contributed by atoms with Gasteiger partial charge < -0.3 is 10.2 Å². The number of amides is 2. The van der Waals surface area contributed by atoms with E-state index < -0.39 is 0 Å². The number of nitrogens with zero attached hydrogens (tertiary/aromatic N) is 2. The zero-order chi connectivity index (χ0) is 18.0. The molecule has 3 aliphatic heterocycles. The number of benzene rings is 2. The number of hydrogen-bond acceptors (Lipinski definition) is 4. The van der Waals surface area contributed by atoms with E-state index in [0.29, 0.717) is 23.2 Å². The average molecular weight is 349 g/mol. The smallest absolute Gasteiger partial charge is 0.261 e. The third kappa shape index (κ3) is 2.01. The van der Waals surface area contributed by atoms with Crippen LogP contribution in [0.4, 0.5) is 5.69 Å². The SMILES string of the molecule is CNc1ccc2c3c(cccc13)C(=O)N([C@@H]1C[C@H]3CC[C@@H](C1)N3C)C2=O. The molecule has 2 amide bonds. The van der Waals surface area contributed by atoms with Gasteiger partial charge in [-0.1, -0.05) is 12.1 Å². The van der Waals surface area contributed by atoms with Gasteiger partial charge in [-0.3, -0.25) is 14.5 Å². The molecule has 5 nitrogen and oxygen atoms in total. The van der Waals surface area contributed by atoms with E-state index in [1.165, 1.54) is 12.8 Å². The Morgan fingerprint density at radius 3 is 2.23 bits per heavy atom. The Morgan fingerprint density at radius 1 is 0.923 bits per heavy atom. The Balaban J connectivity index is 1.61. The lowest BCUT2D eigenvalue weighted by Gasteiger charge is -2.42. The quantitative estimate of drug-likeness (QED) is 0.847. The Kier molecular flexibility index (Phi) is 3.38. The molecule has 2 saturated heterocycles. The third-order valence-electron chi connectivity index (χ3n) is 6.65. The summed E-state index contributed by atoms with van der Waals surface area (Å²) in [4.78, 5) is 30.6. The summed E-state index contributed by atoms with van der Waals surface area (Å²) >= 11 is 0. The topological polar surface area (TPSA) is 52.7 Å². The summed E-state index contributed by atoms with van der Waals surface area (Å²) < 4.78 is 0. The number of anilines is 1. The fourth-order valence-corrected chi connectivity index (χ4v) is 5.26. The van der Waals surface area contributed by atoms with Crippen molar-refractivity contribution >= 4 is 28.3 Å². The van der Waals surface area contributed by atoms with Crippen molar-refractivity contribution < 1.29 is 9.59 Å². The van der Waals surface area contributed by atoms with Crippen molar-refractivity contribution in [3.8, 4) is 0 Å². The number of piperidine rings is 1. The van der Waals surface area contributed by atoms with Crippen molar-refractivity contribution in [3.63, 3.8) is 0 Å². The normalized spacial score (nSPS) is 28.1. The van der Waals surface area contributed by atoms with Crippen LogP contribution in [-0.4, -0.2) is 53.8 Å². The molecule has 3 atom stereocenters. The van der Waals surface area contributed by atoms with Gasteiger partial charge in [-0.25, -0.2) is 0 Å². The first-order valence-electron chi connectivity index (χ1n) is 9.43. The molecule has 1 N–H and O–H groups in total. The van der Waals surface area contributed by atoms with Crippen LogP contribution in [0, 0.1) is 0 Å². The van der Waals surface area contributed by atoms with Crippen molar-refractivity contribution in [2.45, 2.75) is 43.8 Å². The summed E-state index contributed by atoms with van der Waals surface area (Å²) in [6.07, 6.45) is 4.13. The fraction of sp³-hybridized carbons (Fsp3) is 0.429. The van der Waals surface area contributed by atoms with Crippen molar-refractivity contribution in [2.75, 3.05) is 19.4 Å². The molecule has 5 rings (SSSR count). The average Bonchev–Trinajstić information content (AvgIpc) is 2.86. The molecular weight excluding hydrogens is 326 g/mol. The highest BCUT2D eigenvalue weighted by Gasteiger charge is 2.45. The van der Waals surface area contributed by atoms with Crippen LogP contribution in [0.5, 0.6) is 0 Å². The van der Waals surface area contributed by atoms with Gasteiger partial charge in [0.05, 0.1) is 0 Å². The summed E-state index contributed by atoms with van der Waals surface area (Å²) in [5.41, 5.74) is 2.25. The van der Waals surface area contributed by atoms with Gasteiger partial charge in [0.15, 0.2) is 0 Å². The van der Waals surface area contributed by atoms with Crippen molar-refractivity contribution in [2.24, 2.45) is 0 Å². The molecule has 0 aliphatic carbocycles. The highest BCUT2D eigenvalue weighted by atomic mass is 16.2. The van der Waals surface area contributed by atoms with E-state index in [1.807, 2.05) is 37.4 Å². The minimum absolute atomic E-state index is 0.0103. The fourth-order valence-electron chi connectivity index (χ4n) is 5.26. The van der Waals surface area contributed by atoms with E-state index in [1.54, 1.807) is 4.90 Å². The molecule has 2 fully saturated rings. The lowest BCUT2D eigenvalue weighted by molar-refractivity contribution is 0.0397. The molecule has 0 unspecified atom stereocenters.